The van der Waals surface area contributed by atoms with Gasteiger partial charge in [0, 0.05) is 23.2 Å². The van der Waals surface area contributed by atoms with Gasteiger partial charge in [0.15, 0.2) is 6.10 Å². The molecule has 1 aromatic carbocycles. The molecule has 1 aliphatic heterocycles. The normalized spacial score (nSPS) is 17.6. The first-order valence-electron chi connectivity index (χ1n) is 9.29. The van der Waals surface area contributed by atoms with Gasteiger partial charge in [-0.15, -0.1) is 0 Å². The van der Waals surface area contributed by atoms with Gasteiger partial charge in [0.2, 0.25) is 5.78 Å². The number of ketones is 1. The molecule has 2 heterocycles. The number of hydrogen-bond donors (Lipinski definition) is 0. The number of aromatic nitrogens is 1. The minimum atomic E-state index is -1.15. The lowest BCUT2D eigenvalue weighted by Gasteiger charge is -2.26. The van der Waals surface area contributed by atoms with E-state index in [1.165, 1.54) is 4.90 Å². The molecular weight excluding hydrogens is 396 g/mol. The number of anilines is 1. The highest BCUT2D eigenvalue weighted by Crippen LogP contribution is 2.44. The molecule has 7 nitrogen and oxygen atoms in total. The second-order valence-corrected chi connectivity index (χ2v) is 7.00. The number of halogens is 1. The Kier molecular flexibility index (Phi) is 6.17. The van der Waals surface area contributed by atoms with E-state index < -0.39 is 30.0 Å². The number of esters is 1. The number of fused-ring (bicyclic) bond motifs is 1. The summed E-state index contributed by atoms with van der Waals surface area (Å²) in [5.41, 5.74) is 1.93. The van der Waals surface area contributed by atoms with Crippen molar-refractivity contribution in [2.45, 2.75) is 39.3 Å². The van der Waals surface area contributed by atoms with Crippen LogP contribution in [0.3, 0.4) is 0 Å². The number of rotatable bonds is 5. The van der Waals surface area contributed by atoms with Gasteiger partial charge in [0.05, 0.1) is 12.3 Å². The van der Waals surface area contributed by atoms with Crippen LogP contribution in [0.1, 0.15) is 48.0 Å². The molecule has 8 heteroatoms. The van der Waals surface area contributed by atoms with E-state index in [-0.39, 0.29) is 18.7 Å². The summed E-state index contributed by atoms with van der Waals surface area (Å²) >= 11 is 6.13. The molecule has 0 N–H and O–H groups in total. The Morgan fingerprint density at radius 2 is 1.93 bits per heavy atom. The summed E-state index contributed by atoms with van der Waals surface area (Å²) in [5, 5.41) is 0.375. The van der Waals surface area contributed by atoms with Crippen molar-refractivity contribution in [2.24, 2.45) is 0 Å². The number of pyridine rings is 1. The number of ether oxygens (including phenoxy) is 2. The Morgan fingerprint density at radius 1 is 1.17 bits per heavy atom. The van der Waals surface area contributed by atoms with E-state index in [1.807, 2.05) is 6.92 Å². The Bertz CT molecular complexity index is 945. The van der Waals surface area contributed by atoms with Crippen LogP contribution in [0.2, 0.25) is 5.02 Å². The molecule has 0 spiro atoms. The van der Waals surface area contributed by atoms with Gasteiger partial charge in [-0.2, -0.15) is 0 Å². The predicted molar refractivity (Wildman–Crippen MR) is 107 cm³/mol. The van der Waals surface area contributed by atoms with Crippen LogP contribution in [-0.4, -0.2) is 35.5 Å². The quantitative estimate of drug-likeness (QED) is 0.534. The molecule has 0 aliphatic carbocycles. The predicted octanol–water partition coefficient (Wildman–Crippen LogP) is 4.27. The number of hydrogen-bond acceptors (Lipinski definition) is 6. The third-order valence-electron chi connectivity index (χ3n) is 4.57. The summed E-state index contributed by atoms with van der Waals surface area (Å²) in [6.07, 6.45) is -0.0255. The Morgan fingerprint density at radius 3 is 2.55 bits per heavy atom. The number of benzene rings is 1. The molecule has 0 saturated carbocycles. The summed E-state index contributed by atoms with van der Waals surface area (Å²) in [6.45, 7) is 5.29. The number of aryl methyl sites for hydroxylation is 1. The Labute approximate surface area is 173 Å². The van der Waals surface area contributed by atoms with E-state index in [0.717, 1.165) is 5.56 Å². The van der Waals surface area contributed by atoms with Crippen LogP contribution in [0, 0.1) is 6.92 Å². The van der Waals surface area contributed by atoms with Gasteiger partial charge in [-0.3, -0.25) is 19.5 Å². The Hall–Kier alpha value is -2.93. The first-order chi connectivity index (χ1) is 13.9. The maximum atomic E-state index is 13.4. The smallest absolute Gasteiger partial charge is 0.415 e. The van der Waals surface area contributed by atoms with Crippen LogP contribution in [-0.2, 0) is 14.3 Å². The first kappa shape index (κ1) is 20.8. The lowest BCUT2D eigenvalue weighted by atomic mass is 10.0. The van der Waals surface area contributed by atoms with Crippen LogP contribution in [0.25, 0.3) is 0 Å². The summed E-state index contributed by atoms with van der Waals surface area (Å²) in [6, 6.07) is 7.00. The number of nitrogens with zero attached hydrogens (tertiary/aromatic N) is 2. The summed E-state index contributed by atoms with van der Waals surface area (Å²) in [4.78, 5) is 43.6. The maximum Gasteiger partial charge on any atom is 0.415 e. The lowest BCUT2D eigenvalue weighted by Crippen LogP contribution is -2.46. The number of amides is 1. The van der Waals surface area contributed by atoms with Crippen LogP contribution in [0.5, 0.6) is 0 Å². The molecule has 152 valence electrons. The maximum absolute atomic E-state index is 13.4. The fourth-order valence-electron chi connectivity index (χ4n) is 3.20. The molecule has 0 bridgehead atoms. The van der Waals surface area contributed by atoms with Crippen LogP contribution in [0.15, 0.2) is 36.5 Å². The average Bonchev–Trinajstić information content (AvgIpc) is 3.01. The van der Waals surface area contributed by atoms with Crippen LogP contribution < -0.4 is 4.90 Å². The van der Waals surface area contributed by atoms with Gasteiger partial charge in [0.1, 0.15) is 11.7 Å². The third-order valence-corrected chi connectivity index (χ3v) is 4.80. The van der Waals surface area contributed by atoms with Crippen molar-refractivity contribution in [3.8, 4) is 0 Å². The van der Waals surface area contributed by atoms with Gasteiger partial charge >= 0.3 is 12.1 Å². The lowest BCUT2D eigenvalue weighted by molar-refractivity contribution is -0.149. The van der Waals surface area contributed by atoms with Gasteiger partial charge in [0.25, 0.3) is 0 Å². The first-order valence-corrected chi connectivity index (χ1v) is 9.67. The molecule has 0 radical (unpaired) electrons. The summed E-state index contributed by atoms with van der Waals surface area (Å²) < 4.78 is 10.8. The molecule has 1 aliphatic rings. The summed E-state index contributed by atoms with van der Waals surface area (Å²) in [7, 11) is 0. The molecule has 29 heavy (non-hydrogen) atoms. The van der Waals surface area contributed by atoms with Gasteiger partial charge in [-0.1, -0.05) is 30.7 Å². The summed E-state index contributed by atoms with van der Waals surface area (Å²) in [5.74, 6) is -0.949. The molecule has 0 saturated heterocycles. The molecular formula is C21H21ClN2O5. The molecule has 2 unspecified atom stereocenters. The van der Waals surface area contributed by atoms with Crippen LogP contribution in [0.4, 0.5) is 10.5 Å². The topological polar surface area (TPSA) is 85.8 Å². The van der Waals surface area contributed by atoms with E-state index >= 15 is 0 Å². The zero-order valence-corrected chi connectivity index (χ0v) is 17.1. The molecule has 2 aromatic rings. The monoisotopic (exact) mass is 416 g/mol. The van der Waals surface area contributed by atoms with Crippen molar-refractivity contribution in [1.82, 2.24) is 4.98 Å². The zero-order chi connectivity index (χ0) is 21.1. The molecule has 0 fully saturated rings. The van der Waals surface area contributed by atoms with E-state index in [1.54, 1.807) is 50.4 Å². The van der Waals surface area contributed by atoms with Gasteiger partial charge in [-0.05, 0) is 37.6 Å². The zero-order valence-electron chi connectivity index (χ0n) is 16.3. The van der Waals surface area contributed by atoms with E-state index in [0.29, 0.717) is 16.3 Å². The highest BCUT2D eigenvalue weighted by atomic mass is 35.5. The SMILES string of the molecule is CCOC(=O)N1c2cc(Cl)ccc2C(OC(=O)CC)C1C(=O)c1ccc(C)cn1. The minimum Gasteiger partial charge on any atom is -0.455 e. The van der Waals surface area contributed by atoms with Crippen molar-refractivity contribution in [2.75, 3.05) is 11.5 Å². The second-order valence-electron chi connectivity index (χ2n) is 6.57. The van der Waals surface area contributed by atoms with Crippen molar-refractivity contribution in [3.63, 3.8) is 0 Å². The fourth-order valence-corrected chi connectivity index (χ4v) is 3.37. The average molecular weight is 417 g/mol. The molecule has 1 amide bonds. The molecule has 1 aromatic heterocycles. The highest BCUT2D eigenvalue weighted by Gasteiger charge is 2.49. The highest BCUT2D eigenvalue weighted by molar-refractivity contribution is 6.31. The van der Waals surface area contributed by atoms with E-state index in [9.17, 15) is 14.4 Å². The molecule has 2 atom stereocenters. The Balaban J connectivity index is 2.13. The van der Waals surface area contributed by atoms with Crippen molar-refractivity contribution < 1.29 is 23.9 Å². The molecule has 3 rings (SSSR count). The second kappa shape index (κ2) is 8.61. The van der Waals surface area contributed by atoms with Gasteiger partial charge < -0.3 is 9.47 Å². The number of carbonyl (C=O) groups excluding carboxylic acids is 3. The van der Waals surface area contributed by atoms with Gasteiger partial charge in [-0.25, -0.2) is 4.79 Å². The standard InChI is InChI=1S/C21H21ClN2O5/c1-4-17(25)29-20-14-8-7-13(22)10-16(14)24(21(27)28-5-2)18(20)19(26)15-9-6-12(3)11-23-15/h6-11,18,20H,4-5H2,1-3H3. The van der Waals surface area contributed by atoms with Crippen molar-refractivity contribution in [1.29, 1.82) is 0 Å². The third kappa shape index (κ3) is 4.10. The number of Topliss-reactive ketones (excluding diaryl/α,β-unsaturated/α-hetero) is 1. The van der Waals surface area contributed by atoms with Crippen molar-refractivity contribution >= 4 is 35.1 Å². The van der Waals surface area contributed by atoms with Crippen molar-refractivity contribution in [3.05, 3.63) is 58.4 Å². The van der Waals surface area contributed by atoms with Crippen LogP contribution >= 0.6 is 11.6 Å². The van der Waals surface area contributed by atoms with E-state index in [2.05, 4.69) is 4.98 Å². The van der Waals surface area contributed by atoms with E-state index in [4.69, 9.17) is 21.1 Å². The largest absolute Gasteiger partial charge is 0.455 e. The number of carbonyl (C=O) groups is 3. The fraction of sp³-hybridized carbons (Fsp3) is 0.333. The minimum absolute atomic E-state index is 0.119.